The van der Waals surface area contributed by atoms with Crippen LogP contribution in [-0.2, 0) is 0 Å². The van der Waals surface area contributed by atoms with Gasteiger partial charge in [-0.3, -0.25) is 0 Å². The van der Waals surface area contributed by atoms with Crippen molar-refractivity contribution >= 4 is 22.6 Å². The molecule has 0 aliphatic heterocycles. The highest BCUT2D eigenvalue weighted by molar-refractivity contribution is 6.30. The first kappa shape index (κ1) is 14.0. The molecule has 2 nitrogen and oxygen atoms in total. The maximum absolute atomic E-state index is 13.3. The Morgan fingerprint density at radius 2 is 1.90 bits per heavy atom. The Bertz CT molecular complexity index is 829. The van der Waals surface area contributed by atoms with Crippen LogP contribution in [0.2, 0.25) is 5.02 Å². The number of benzene rings is 2. The van der Waals surface area contributed by atoms with Crippen molar-refractivity contribution in [1.82, 2.24) is 0 Å². The molecule has 0 spiro atoms. The predicted molar refractivity (Wildman–Crippen MR) is 78.3 cm³/mol. The van der Waals surface area contributed by atoms with E-state index in [1.165, 1.54) is 24.3 Å². The average molecular weight is 308 g/mol. The van der Waals surface area contributed by atoms with E-state index in [0.29, 0.717) is 22.3 Å². The van der Waals surface area contributed by atoms with Gasteiger partial charge in [-0.25, -0.2) is 8.78 Å². The lowest BCUT2D eigenvalue weighted by molar-refractivity contribution is 0.520. The molecular weight excluding hydrogens is 296 g/mol. The van der Waals surface area contributed by atoms with Crippen molar-refractivity contribution < 1.29 is 13.2 Å². The number of rotatable bonds is 2. The summed E-state index contributed by atoms with van der Waals surface area (Å²) in [5.74, 6) is -0.328. The fourth-order valence-electron chi connectivity index (χ4n) is 2.37. The summed E-state index contributed by atoms with van der Waals surface area (Å²) in [7, 11) is 0. The molecule has 0 aliphatic rings. The van der Waals surface area contributed by atoms with E-state index in [9.17, 15) is 8.78 Å². The lowest BCUT2D eigenvalue weighted by Gasteiger charge is -2.11. The quantitative estimate of drug-likeness (QED) is 0.744. The maximum Gasteiger partial charge on any atom is 0.141 e. The number of hydrogen-bond donors (Lipinski definition) is 1. The first-order chi connectivity index (χ1) is 9.97. The van der Waals surface area contributed by atoms with Gasteiger partial charge in [0.2, 0.25) is 0 Å². The topological polar surface area (TPSA) is 39.2 Å². The summed E-state index contributed by atoms with van der Waals surface area (Å²) in [5, 5.41) is 0.677. The van der Waals surface area contributed by atoms with Crippen LogP contribution >= 0.6 is 11.6 Å². The lowest BCUT2D eigenvalue weighted by atomic mass is 10.0. The highest BCUT2D eigenvalue weighted by atomic mass is 35.5. The van der Waals surface area contributed by atoms with Gasteiger partial charge in [0.25, 0.3) is 0 Å². The second kappa shape index (κ2) is 5.13. The summed E-state index contributed by atoms with van der Waals surface area (Å²) in [4.78, 5) is 0. The highest BCUT2D eigenvalue weighted by Crippen LogP contribution is 2.32. The Morgan fingerprint density at radius 1 is 1.14 bits per heavy atom. The fourth-order valence-corrected chi connectivity index (χ4v) is 2.55. The van der Waals surface area contributed by atoms with Gasteiger partial charge in [0.1, 0.15) is 23.0 Å². The van der Waals surface area contributed by atoms with E-state index in [-0.39, 0.29) is 10.8 Å². The Labute approximate surface area is 125 Å². The lowest BCUT2D eigenvalue weighted by Crippen LogP contribution is -2.12. The summed E-state index contributed by atoms with van der Waals surface area (Å²) in [6, 6.07) is 7.98. The zero-order valence-corrected chi connectivity index (χ0v) is 11.9. The minimum absolute atomic E-state index is 0.00255. The van der Waals surface area contributed by atoms with Gasteiger partial charge in [-0.1, -0.05) is 17.7 Å². The molecule has 108 valence electrons. The summed E-state index contributed by atoms with van der Waals surface area (Å²) < 4.78 is 32.2. The van der Waals surface area contributed by atoms with Gasteiger partial charge in [-0.15, -0.1) is 0 Å². The maximum atomic E-state index is 13.3. The molecule has 0 fully saturated rings. The van der Waals surface area contributed by atoms with Crippen LogP contribution in [0.25, 0.3) is 11.0 Å². The third-order valence-corrected chi connectivity index (χ3v) is 3.81. The molecule has 0 aliphatic carbocycles. The molecule has 3 aromatic rings. The average Bonchev–Trinajstić information content (AvgIpc) is 2.78. The van der Waals surface area contributed by atoms with Gasteiger partial charge in [-0.2, -0.15) is 0 Å². The molecule has 21 heavy (non-hydrogen) atoms. The second-order valence-corrected chi connectivity index (χ2v) is 5.29. The van der Waals surface area contributed by atoms with E-state index < -0.39 is 11.9 Å². The normalized spacial score (nSPS) is 12.8. The van der Waals surface area contributed by atoms with Crippen LogP contribution in [0.4, 0.5) is 8.78 Å². The van der Waals surface area contributed by atoms with Crippen LogP contribution in [0.3, 0.4) is 0 Å². The molecule has 0 amide bonds. The van der Waals surface area contributed by atoms with Gasteiger partial charge in [0.05, 0.1) is 11.1 Å². The van der Waals surface area contributed by atoms with Crippen LogP contribution in [-0.4, -0.2) is 0 Å². The largest absolute Gasteiger partial charge is 0.459 e. The van der Waals surface area contributed by atoms with Crippen LogP contribution in [0.15, 0.2) is 40.8 Å². The van der Waals surface area contributed by atoms with E-state index in [2.05, 4.69) is 0 Å². The minimum Gasteiger partial charge on any atom is -0.459 e. The minimum atomic E-state index is -0.599. The molecule has 3 rings (SSSR count). The van der Waals surface area contributed by atoms with E-state index in [0.717, 1.165) is 5.56 Å². The number of nitrogens with two attached hydrogens (primary N) is 1. The Morgan fingerprint density at radius 3 is 2.62 bits per heavy atom. The molecule has 1 heterocycles. The highest BCUT2D eigenvalue weighted by Gasteiger charge is 2.19. The Kier molecular flexibility index (Phi) is 3.43. The molecule has 2 aromatic carbocycles. The summed E-state index contributed by atoms with van der Waals surface area (Å²) >= 11 is 5.77. The third kappa shape index (κ3) is 2.41. The molecule has 1 aromatic heterocycles. The van der Waals surface area contributed by atoms with E-state index in [1.807, 2.05) is 6.92 Å². The standard InChI is InChI=1S/C16H12ClF2NO/c1-8-11-7-10(18)3-5-14(11)21-16(8)15(20)9-2-4-13(19)12(17)6-9/h2-7,15H,20H2,1H3. The van der Waals surface area contributed by atoms with Crippen molar-refractivity contribution in [3.05, 3.63) is 69.9 Å². The van der Waals surface area contributed by atoms with E-state index in [4.69, 9.17) is 21.8 Å². The molecule has 1 atom stereocenters. The SMILES string of the molecule is Cc1c(C(N)c2ccc(F)c(Cl)c2)oc2ccc(F)cc12. The molecule has 0 radical (unpaired) electrons. The fraction of sp³-hybridized carbons (Fsp3) is 0.125. The van der Waals surface area contributed by atoms with Crippen molar-refractivity contribution in [2.75, 3.05) is 0 Å². The number of halogens is 3. The van der Waals surface area contributed by atoms with Gasteiger partial charge >= 0.3 is 0 Å². The number of fused-ring (bicyclic) bond motifs is 1. The van der Waals surface area contributed by atoms with E-state index in [1.54, 1.807) is 12.1 Å². The number of furan rings is 1. The van der Waals surface area contributed by atoms with Gasteiger partial charge in [-0.05, 0) is 42.8 Å². The second-order valence-electron chi connectivity index (χ2n) is 4.88. The number of hydrogen-bond acceptors (Lipinski definition) is 2. The van der Waals surface area contributed by atoms with Crippen LogP contribution in [0, 0.1) is 18.6 Å². The van der Waals surface area contributed by atoms with Crippen LogP contribution in [0.5, 0.6) is 0 Å². The smallest absolute Gasteiger partial charge is 0.141 e. The molecular formula is C16H12ClF2NO. The van der Waals surface area contributed by atoms with Crippen molar-refractivity contribution in [3.63, 3.8) is 0 Å². The van der Waals surface area contributed by atoms with Crippen molar-refractivity contribution in [1.29, 1.82) is 0 Å². The van der Waals surface area contributed by atoms with Crippen LogP contribution in [0.1, 0.15) is 22.9 Å². The Hall–Kier alpha value is -1.91. The molecule has 2 N–H and O–H groups in total. The van der Waals surface area contributed by atoms with Crippen molar-refractivity contribution in [2.45, 2.75) is 13.0 Å². The molecule has 1 unspecified atom stereocenters. The van der Waals surface area contributed by atoms with Gasteiger partial charge in [0.15, 0.2) is 0 Å². The summed E-state index contributed by atoms with van der Waals surface area (Å²) in [6.45, 7) is 1.81. The first-order valence-electron chi connectivity index (χ1n) is 6.36. The monoisotopic (exact) mass is 307 g/mol. The third-order valence-electron chi connectivity index (χ3n) is 3.52. The molecule has 0 saturated heterocycles. The number of aryl methyl sites for hydroxylation is 1. The Balaban J connectivity index is 2.10. The molecule has 0 saturated carbocycles. The molecule has 0 bridgehead atoms. The van der Waals surface area contributed by atoms with Crippen molar-refractivity contribution in [2.24, 2.45) is 5.73 Å². The molecule has 5 heteroatoms. The first-order valence-corrected chi connectivity index (χ1v) is 6.74. The van der Waals surface area contributed by atoms with Crippen molar-refractivity contribution in [3.8, 4) is 0 Å². The summed E-state index contributed by atoms with van der Waals surface area (Å²) in [6.07, 6.45) is 0. The zero-order valence-electron chi connectivity index (χ0n) is 11.2. The predicted octanol–water partition coefficient (Wildman–Crippen LogP) is 4.72. The summed E-state index contributed by atoms with van der Waals surface area (Å²) in [5.41, 5.74) is 8.12. The van der Waals surface area contributed by atoms with Gasteiger partial charge in [0, 0.05) is 10.9 Å². The van der Waals surface area contributed by atoms with E-state index >= 15 is 0 Å². The van der Waals surface area contributed by atoms with Crippen LogP contribution < -0.4 is 5.73 Å². The zero-order chi connectivity index (χ0) is 15.1. The van der Waals surface area contributed by atoms with Gasteiger partial charge < -0.3 is 10.2 Å².